The van der Waals surface area contributed by atoms with Gasteiger partial charge < -0.3 is 4.98 Å². The first-order chi connectivity index (χ1) is 6.67. The molecule has 0 saturated heterocycles. The molecule has 1 radical (unpaired) electrons. The first-order valence-corrected chi connectivity index (χ1v) is 4.56. The molecule has 0 N–H and O–H groups in total. The molecule has 0 atom stereocenters. The monoisotopic (exact) mass is 387 g/mol. The van der Waals surface area contributed by atoms with E-state index in [1.807, 2.05) is 18.2 Å². The maximum Gasteiger partial charge on any atom is 0.236 e. The maximum atomic E-state index is 12.8. The Balaban J connectivity index is 0.00000112. The molecule has 0 spiro atoms. The van der Waals surface area contributed by atoms with Crippen LogP contribution in [0.1, 0.15) is 25.0 Å². The van der Waals surface area contributed by atoms with Crippen LogP contribution >= 0.6 is 0 Å². The zero-order valence-corrected chi connectivity index (χ0v) is 10.4. The summed E-state index contributed by atoms with van der Waals surface area (Å²) in [5.41, 5.74) is 1.58. The molecule has 1 aliphatic carbocycles. The third-order valence-corrected chi connectivity index (χ3v) is 2.28. The maximum absolute atomic E-state index is 12.8. The predicted octanol–water partition coefficient (Wildman–Crippen LogP) is 3.08. The number of alkyl halides is 2. The van der Waals surface area contributed by atoms with E-state index in [2.05, 4.69) is 11.1 Å². The van der Waals surface area contributed by atoms with Gasteiger partial charge in [0.15, 0.2) is 0 Å². The number of rotatable bonds is 1. The summed E-state index contributed by atoms with van der Waals surface area (Å²) in [6.45, 7) is 0. The molecule has 1 aromatic heterocycles. The average Bonchev–Trinajstić information content (AvgIpc) is 2.19. The molecule has 4 heteroatoms. The second-order valence-electron chi connectivity index (χ2n) is 3.40. The molecule has 0 saturated carbocycles. The summed E-state index contributed by atoms with van der Waals surface area (Å²) in [5, 5.41) is 0. The molecule has 0 unspecified atom stereocenters. The molecule has 1 nitrogen and oxygen atoms in total. The van der Waals surface area contributed by atoms with Crippen molar-refractivity contribution in [1.29, 1.82) is 0 Å². The van der Waals surface area contributed by atoms with Crippen LogP contribution in [0.25, 0.3) is 5.57 Å². The molecule has 15 heavy (non-hydrogen) atoms. The zero-order valence-electron chi connectivity index (χ0n) is 7.97. The van der Waals surface area contributed by atoms with E-state index in [-0.39, 0.29) is 32.9 Å². The third kappa shape index (κ3) is 3.18. The number of allylic oxidation sites excluding steroid dienone is 2. The summed E-state index contributed by atoms with van der Waals surface area (Å²) in [5.74, 6) is -2.57. The minimum atomic E-state index is -2.57. The van der Waals surface area contributed by atoms with Gasteiger partial charge >= 0.3 is 0 Å². The number of hydrogen-bond acceptors (Lipinski definition) is 1. The number of pyridine rings is 1. The van der Waals surface area contributed by atoms with E-state index in [1.165, 1.54) is 0 Å². The third-order valence-electron chi connectivity index (χ3n) is 2.28. The topological polar surface area (TPSA) is 12.9 Å². The van der Waals surface area contributed by atoms with Gasteiger partial charge in [0.25, 0.3) is 0 Å². The van der Waals surface area contributed by atoms with Crippen molar-refractivity contribution in [3.63, 3.8) is 0 Å². The summed E-state index contributed by atoms with van der Waals surface area (Å²) >= 11 is 0. The van der Waals surface area contributed by atoms with Crippen LogP contribution < -0.4 is 0 Å². The van der Waals surface area contributed by atoms with E-state index in [0.717, 1.165) is 11.3 Å². The van der Waals surface area contributed by atoms with Crippen molar-refractivity contribution in [2.24, 2.45) is 0 Å². The van der Waals surface area contributed by atoms with E-state index in [4.69, 9.17) is 0 Å². The second kappa shape index (κ2) is 4.95. The second-order valence-corrected chi connectivity index (χ2v) is 3.40. The summed E-state index contributed by atoms with van der Waals surface area (Å²) in [4.78, 5) is 4.11. The molecule has 1 aromatic rings. The fraction of sp³-hybridized carbons (Fsp3) is 0.364. The normalized spacial score (nSPS) is 18.9. The van der Waals surface area contributed by atoms with E-state index in [1.54, 1.807) is 6.20 Å². The summed E-state index contributed by atoms with van der Waals surface area (Å²) < 4.78 is 25.6. The van der Waals surface area contributed by atoms with Crippen LogP contribution in [0, 0.1) is 6.08 Å². The van der Waals surface area contributed by atoms with Gasteiger partial charge in [-0.25, -0.2) is 8.78 Å². The fourth-order valence-electron chi connectivity index (χ4n) is 1.48. The minimum Gasteiger partial charge on any atom is -0.351 e. The first kappa shape index (κ1) is 12.5. The molecule has 0 aliphatic heterocycles. The molecule has 2 rings (SSSR count). The number of halogens is 2. The number of aromatic nitrogens is 1. The van der Waals surface area contributed by atoms with Gasteiger partial charge in [-0.2, -0.15) is 5.57 Å². The molecule has 0 bridgehead atoms. The summed E-state index contributed by atoms with van der Waals surface area (Å²) in [6, 6.07) is 5.48. The zero-order chi connectivity index (χ0) is 10.0. The summed E-state index contributed by atoms with van der Waals surface area (Å²) in [7, 11) is 0. The molecule has 83 valence electrons. The van der Waals surface area contributed by atoms with E-state index in [0.29, 0.717) is 6.42 Å². The fourth-order valence-corrected chi connectivity index (χ4v) is 1.48. The largest absolute Gasteiger partial charge is 0.351 e. The molecule has 1 aliphatic rings. The van der Waals surface area contributed by atoms with Gasteiger partial charge in [0, 0.05) is 32.7 Å². The van der Waals surface area contributed by atoms with Crippen LogP contribution in [0.15, 0.2) is 24.4 Å². The van der Waals surface area contributed by atoms with Crippen LogP contribution in [-0.4, -0.2) is 10.9 Å². The van der Waals surface area contributed by atoms with E-state index in [9.17, 15) is 8.78 Å². The van der Waals surface area contributed by atoms with Gasteiger partial charge in [0.2, 0.25) is 5.92 Å². The van der Waals surface area contributed by atoms with Gasteiger partial charge in [-0.3, -0.25) is 6.08 Å². The van der Waals surface area contributed by atoms with Crippen molar-refractivity contribution in [3.05, 3.63) is 36.2 Å². The Bertz CT molecular complexity index is 349. The molecular weight excluding hydrogens is 376 g/mol. The van der Waals surface area contributed by atoms with Gasteiger partial charge in [-0.1, -0.05) is 18.2 Å². The molecule has 1 heterocycles. The first-order valence-electron chi connectivity index (χ1n) is 4.56. The molecular formula is C11H10F2IrN-. The Morgan fingerprint density at radius 3 is 2.67 bits per heavy atom. The summed E-state index contributed by atoms with van der Waals surface area (Å²) in [6.07, 6.45) is 4.39. The van der Waals surface area contributed by atoms with Crippen molar-refractivity contribution >= 4 is 5.57 Å². The van der Waals surface area contributed by atoms with Gasteiger partial charge in [-0.15, -0.1) is 6.07 Å². The Labute approximate surface area is 101 Å². The van der Waals surface area contributed by atoms with Crippen LogP contribution in [0.3, 0.4) is 0 Å². The Morgan fingerprint density at radius 1 is 1.33 bits per heavy atom. The van der Waals surface area contributed by atoms with Crippen molar-refractivity contribution in [2.45, 2.75) is 25.2 Å². The Hall–Kier alpha value is -0.601. The van der Waals surface area contributed by atoms with Crippen molar-refractivity contribution < 1.29 is 28.9 Å². The minimum absolute atomic E-state index is 0. The van der Waals surface area contributed by atoms with Crippen LogP contribution in [0.4, 0.5) is 8.78 Å². The van der Waals surface area contributed by atoms with Gasteiger partial charge in [-0.05, 0) is 12.5 Å². The molecule has 0 aromatic carbocycles. The van der Waals surface area contributed by atoms with E-state index < -0.39 is 5.92 Å². The number of hydrogen-bond donors (Lipinski definition) is 0. The van der Waals surface area contributed by atoms with Crippen LogP contribution in [0.2, 0.25) is 0 Å². The quantitative estimate of drug-likeness (QED) is 0.676. The smallest absolute Gasteiger partial charge is 0.236 e. The SMILES string of the molecule is FC1(F)C[C-]=C(c2ccccn2)CC1.[Ir]. The number of nitrogens with zero attached hydrogens (tertiary/aromatic N) is 1. The van der Waals surface area contributed by atoms with Crippen molar-refractivity contribution in [2.75, 3.05) is 0 Å². The Morgan fingerprint density at radius 2 is 2.13 bits per heavy atom. The molecule has 0 fully saturated rings. The van der Waals surface area contributed by atoms with Crippen molar-refractivity contribution in [3.8, 4) is 0 Å². The van der Waals surface area contributed by atoms with Crippen LogP contribution in [0.5, 0.6) is 0 Å². The predicted molar refractivity (Wildman–Crippen MR) is 49.7 cm³/mol. The average molecular weight is 386 g/mol. The van der Waals surface area contributed by atoms with Gasteiger partial charge in [0.05, 0.1) is 0 Å². The molecule has 0 amide bonds. The standard InChI is InChI=1S/C11H10F2N.Ir/c12-11(13)6-4-9(5-7-11)10-3-1-2-8-14-10;/h1-3,8H,4,6-7H2;/q-1;. The van der Waals surface area contributed by atoms with Crippen LogP contribution in [-0.2, 0) is 20.1 Å². The Kier molecular flexibility index (Phi) is 4.12. The van der Waals surface area contributed by atoms with E-state index >= 15 is 0 Å². The van der Waals surface area contributed by atoms with Crippen molar-refractivity contribution in [1.82, 2.24) is 4.98 Å². The van der Waals surface area contributed by atoms with Gasteiger partial charge in [0.1, 0.15) is 0 Å².